The van der Waals surface area contributed by atoms with Crippen LogP contribution in [0.1, 0.15) is 116 Å². The number of ether oxygens (including phenoxy) is 6. The number of esters is 1. The summed E-state index contributed by atoms with van der Waals surface area (Å²) in [7, 11) is 7.34. The number of nitrogens with one attached hydrogen (secondary N) is 2. The number of methoxy groups -OCH3 is 1. The zero-order valence-electron chi connectivity index (χ0n) is 54.1. The second-order valence-corrected chi connectivity index (χ2v) is 25.9. The van der Waals surface area contributed by atoms with Gasteiger partial charge in [-0.1, -0.05) is 45.9 Å². The number of likely N-dealkylation sites (N-methyl/N-ethyl adjacent to an activating group) is 2. The SMILES string of the molecule is CC[C@H]1OC(=O)[C@H](C)[C@@H](O[C@H]2C[C@@](C)(OC)[C@@H](O)[C@H](C)O2)[C@H](C)[C@@H](O[C@@H]2O[C@H](C)C[C@H](N(C)C)[C@H]2O)[C@](C)(O)C[C@@H](C)C(=O)[C@H](C)[C@@H](O)[C@]1(C)O.Cc1ccc(NC(=O)c2ccc(CN3CCN(C)CC3)cc2)cc1Nc1nccc(-c2cccnc2)n1. The van der Waals surface area contributed by atoms with E-state index in [4.69, 9.17) is 28.4 Å². The number of ketones is 1. The minimum Gasteiger partial charge on any atom is -0.459 e. The average molecular weight is 1230 g/mol. The molecule has 0 bridgehead atoms. The van der Waals surface area contributed by atoms with E-state index >= 15 is 0 Å². The van der Waals surface area contributed by atoms with Gasteiger partial charge in [0, 0.05) is 111 Å². The van der Waals surface area contributed by atoms with E-state index in [2.05, 4.69) is 42.4 Å². The smallest absolute Gasteiger partial charge is 0.311 e. The van der Waals surface area contributed by atoms with E-state index in [1.54, 1.807) is 60.1 Å². The van der Waals surface area contributed by atoms with Crippen LogP contribution >= 0.6 is 0 Å². The molecule has 6 heterocycles. The van der Waals surface area contributed by atoms with E-state index in [1.165, 1.54) is 33.4 Å². The first kappa shape index (κ1) is 70.0. The number of aryl methyl sites for hydroxylation is 1. The highest BCUT2D eigenvalue weighted by molar-refractivity contribution is 6.04. The highest BCUT2D eigenvalue weighted by Crippen LogP contribution is 2.41. The number of hydrogen-bond donors (Lipinski definition) is 7. The van der Waals surface area contributed by atoms with Gasteiger partial charge in [-0.2, -0.15) is 0 Å². The van der Waals surface area contributed by atoms with E-state index < -0.39 is 108 Å². The molecule has 0 spiro atoms. The summed E-state index contributed by atoms with van der Waals surface area (Å²) in [5.41, 5.74) is 1.24. The van der Waals surface area contributed by atoms with Crippen molar-refractivity contribution in [1.29, 1.82) is 0 Å². The van der Waals surface area contributed by atoms with Crippen LogP contribution in [0.2, 0.25) is 0 Å². The van der Waals surface area contributed by atoms with Gasteiger partial charge in [0.05, 0.1) is 53.3 Å². The fourth-order valence-electron chi connectivity index (χ4n) is 12.7. The lowest BCUT2D eigenvalue weighted by Gasteiger charge is -2.49. The monoisotopic (exact) mass is 1230 g/mol. The Morgan fingerprint density at radius 3 is 2.19 bits per heavy atom. The Kier molecular flexibility index (Phi) is 24.0. The standard InChI is InChI=1S/C37H67NO13.C29H31N7O/c1-14-25-37(10,45)30(41)20(4)27(39)18(2)16-35(8,44)32(51-34-28(40)24(38(11)12)15-19(3)47-34)21(5)29(22(6)33(43)49-25)50-26-17-36(9,46-13)31(42)23(7)48-26;1-21-5-10-25(18-27(21)34-29-31-13-11-26(33-29)24-4-3-12-30-19-24)32-28(37)23-8-6-22(7-9-23)20-36-16-14-35(2)15-17-36/h18-26,28-32,34,40-42,44-45H,14-17H2,1-13H3;3-13,18-19H,14-17,20H2,1-2H3,(H,32,37)(H,31,33,34)/t18-,19-,20+,21+,22-,23+,24+,25-,26+,28-,29+,30-,31+,32-,34+,35-,36-,37-;/m1./s1. The Labute approximate surface area is 519 Å². The molecule has 4 aromatic rings. The molecule has 4 aliphatic heterocycles. The number of cyclic esters (lactones) is 1. The van der Waals surface area contributed by atoms with Crippen molar-refractivity contribution in [2.45, 2.75) is 193 Å². The average Bonchev–Trinajstić information content (AvgIpc) is 1.22. The molecule has 18 atom stereocenters. The molecule has 22 heteroatoms. The number of aliphatic hydroxyl groups excluding tert-OH is 3. The first-order valence-corrected chi connectivity index (χ1v) is 31.0. The van der Waals surface area contributed by atoms with Crippen LogP contribution in [-0.2, 0) is 44.6 Å². The van der Waals surface area contributed by atoms with E-state index in [0.717, 1.165) is 55.2 Å². The molecule has 486 valence electrons. The first-order chi connectivity index (χ1) is 41.5. The molecule has 1 amide bonds. The number of aromatic nitrogens is 3. The maximum absolute atomic E-state index is 14.1. The van der Waals surface area contributed by atoms with Gasteiger partial charge in [0.2, 0.25) is 5.95 Å². The number of rotatable bonds is 14. The lowest BCUT2D eigenvalue weighted by molar-refractivity contribution is -0.318. The molecule has 2 aromatic heterocycles. The van der Waals surface area contributed by atoms with Crippen LogP contribution in [0.4, 0.5) is 17.3 Å². The van der Waals surface area contributed by atoms with Gasteiger partial charge in [-0.15, -0.1) is 0 Å². The minimum absolute atomic E-state index is 0.0936. The van der Waals surface area contributed by atoms with Crippen LogP contribution in [0.3, 0.4) is 0 Å². The predicted octanol–water partition coefficient (Wildman–Crippen LogP) is 6.38. The zero-order chi connectivity index (χ0) is 64.6. The second kappa shape index (κ2) is 30.1. The summed E-state index contributed by atoms with van der Waals surface area (Å²) in [5.74, 6) is -4.64. The van der Waals surface area contributed by atoms with Crippen molar-refractivity contribution in [3.8, 4) is 11.3 Å². The van der Waals surface area contributed by atoms with E-state index in [9.17, 15) is 39.9 Å². The Bertz CT molecular complexity index is 2910. The van der Waals surface area contributed by atoms with Crippen LogP contribution in [0.25, 0.3) is 11.3 Å². The molecule has 88 heavy (non-hydrogen) atoms. The Hall–Kier alpha value is -5.44. The Morgan fingerprint density at radius 1 is 0.864 bits per heavy atom. The largest absolute Gasteiger partial charge is 0.459 e. The molecule has 2 aromatic carbocycles. The molecule has 22 nitrogen and oxygen atoms in total. The van der Waals surface area contributed by atoms with Crippen LogP contribution < -0.4 is 10.6 Å². The predicted molar refractivity (Wildman–Crippen MR) is 333 cm³/mol. The quantitative estimate of drug-likeness (QED) is 0.0675. The van der Waals surface area contributed by atoms with E-state index in [0.29, 0.717) is 23.6 Å². The number of piperazine rings is 1. The van der Waals surface area contributed by atoms with Gasteiger partial charge in [-0.25, -0.2) is 9.97 Å². The lowest BCUT2D eigenvalue weighted by atomic mass is 9.74. The third-order valence-corrected chi connectivity index (χ3v) is 18.4. The number of aliphatic hydroxyl groups is 5. The number of carbonyl (C=O) groups excluding carboxylic acids is 3. The summed E-state index contributed by atoms with van der Waals surface area (Å²) in [4.78, 5) is 60.6. The van der Waals surface area contributed by atoms with Crippen LogP contribution in [0, 0.1) is 30.6 Å². The Morgan fingerprint density at radius 2 is 1.56 bits per heavy atom. The molecule has 4 saturated heterocycles. The van der Waals surface area contributed by atoms with Crippen molar-refractivity contribution in [2.75, 3.05) is 65.1 Å². The van der Waals surface area contributed by atoms with Gasteiger partial charge < -0.3 is 74.4 Å². The number of carbonyl (C=O) groups is 3. The topological polar surface area (TPSA) is 280 Å². The zero-order valence-corrected chi connectivity index (χ0v) is 54.1. The van der Waals surface area contributed by atoms with Crippen molar-refractivity contribution >= 4 is 35.0 Å². The molecular weight excluding hydrogens is 1130 g/mol. The van der Waals surface area contributed by atoms with Crippen LogP contribution in [0.5, 0.6) is 0 Å². The van der Waals surface area contributed by atoms with Gasteiger partial charge >= 0.3 is 5.97 Å². The van der Waals surface area contributed by atoms with Crippen molar-refractivity contribution < 1.29 is 68.3 Å². The Balaban J connectivity index is 0.000000263. The number of pyridine rings is 1. The van der Waals surface area contributed by atoms with Gasteiger partial charge in [0.25, 0.3) is 5.91 Å². The van der Waals surface area contributed by atoms with Crippen molar-refractivity contribution in [3.05, 3.63) is 95.9 Å². The van der Waals surface area contributed by atoms with Gasteiger partial charge in [-0.3, -0.25) is 24.3 Å². The summed E-state index contributed by atoms with van der Waals surface area (Å²) in [6.07, 6.45) is -4.49. The molecule has 0 radical (unpaired) electrons. The van der Waals surface area contributed by atoms with E-state index in [-0.39, 0.29) is 37.3 Å². The van der Waals surface area contributed by atoms with Crippen molar-refractivity contribution in [3.63, 3.8) is 0 Å². The summed E-state index contributed by atoms with van der Waals surface area (Å²) in [6.45, 7) is 23.6. The maximum Gasteiger partial charge on any atom is 0.311 e. The molecule has 0 aliphatic carbocycles. The van der Waals surface area contributed by atoms with Gasteiger partial charge in [0.15, 0.2) is 12.6 Å². The third-order valence-electron chi connectivity index (χ3n) is 18.4. The number of benzene rings is 2. The van der Waals surface area contributed by atoms with E-state index in [1.807, 2.05) is 93.5 Å². The summed E-state index contributed by atoms with van der Waals surface area (Å²) in [6, 6.07) is 19.0. The fourth-order valence-corrected chi connectivity index (χ4v) is 12.7. The normalized spacial score (nSPS) is 34.9. The second-order valence-electron chi connectivity index (χ2n) is 25.9. The number of hydrogen-bond acceptors (Lipinski definition) is 21. The highest BCUT2D eigenvalue weighted by atomic mass is 16.7. The summed E-state index contributed by atoms with van der Waals surface area (Å²) in [5, 5.41) is 63.9. The van der Waals surface area contributed by atoms with Crippen LogP contribution in [0.15, 0.2) is 79.3 Å². The first-order valence-electron chi connectivity index (χ1n) is 31.0. The molecule has 8 rings (SSSR count). The van der Waals surface area contributed by atoms with Crippen LogP contribution in [-0.4, -0.2) is 212 Å². The lowest BCUT2D eigenvalue weighted by Crippen LogP contribution is -2.61. The molecule has 0 saturated carbocycles. The molecule has 4 aliphatic rings. The number of Topliss-reactive ketones (excluding diaryl/α,β-unsaturated/α-hetero) is 1. The number of nitrogens with zero attached hydrogens (tertiary/aromatic N) is 6. The minimum atomic E-state index is -1.99. The molecule has 4 fully saturated rings. The molecular formula is C66H98N8O14. The van der Waals surface area contributed by atoms with Crippen molar-refractivity contribution in [2.24, 2.45) is 23.7 Å². The summed E-state index contributed by atoms with van der Waals surface area (Å²) < 4.78 is 37.1. The fraction of sp³-hybridized carbons (Fsp3) is 0.636. The molecule has 0 unspecified atom stereocenters. The van der Waals surface area contributed by atoms with Crippen molar-refractivity contribution in [1.82, 2.24) is 29.7 Å². The maximum atomic E-state index is 14.1. The third kappa shape index (κ3) is 17.1. The van der Waals surface area contributed by atoms with Gasteiger partial charge in [-0.05, 0) is 142 Å². The number of anilines is 3. The molecule has 7 N–H and O–H groups in total. The number of amides is 1. The highest BCUT2D eigenvalue weighted by Gasteiger charge is 2.53. The van der Waals surface area contributed by atoms with Gasteiger partial charge in [0.1, 0.15) is 29.7 Å². The summed E-state index contributed by atoms with van der Waals surface area (Å²) >= 11 is 0.